The van der Waals surface area contributed by atoms with E-state index in [0.717, 1.165) is 5.56 Å². The molecule has 6 nitrogen and oxygen atoms in total. The van der Waals surface area contributed by atoms with Crippen molar-refractivity contribution in [2.75, 3.05) is 7.11 Å². The van der Waals surface area contributed by atoms with E-state index in [1.54, 1.807) is 19.2 Å². The molecule has 2 aromatic carbocycles. The van der Waals surface area contributed by atoms with Crippen LogP contribution in [0.25, 0.3) is 0 Å². The van der Waals surface area contributed by atoms with Crippen molar-refractivity contribution in [3.63, 3.8) is 0 Å². The van der Waals surface area contributed by atoms with Gasteiger partial charge in [-0.25, -0.2) is 10.2 Å². The van der Waals surface area contributed by atoms with Crippen LogP contribution in [-0.4, -0.2) is 19.4 Å². The Labute approximate surface area is 134 Å². The highest BCUT2D eigenvalue weighted by Gasteiger charge is 2.09. The van der Waals surface area contributed by atoms with Crippen LogP contribution in [0.3, 0.4) is 0 Å². The molecule has 2 aromatic rings. The summed E-state index contributed by atoms with van der Waals surface area (Å²) < 4.78 is 11.2. The first kappa shape index (κ1) is 16.4. The van der Waals surface area contributed by atoms with Crippen molar-refractivity contribution in [1.29, 1.82) is 0 Å². The molecule has 0 aliphatic carbocycles. The van der Waals surface area contributed by atoms with Gasteiger partial charge < -0.3 is 15.2 Å². The van der Waals surface area contributed by atoms with Crippen LogP contribution in [-0.2, 0) is 6.61 Å². The van der Waals surface area contributed by atoms with Crippen LogP contribution in [0.1, 0.15) is 16.7 Å². The van der Waals surface area contributed by atoms with E-state index in [2.05, 4.69) is 10.5 Å². The first-order valence-corrected chi connectivity index (χ1v) is 7.04. The van der Waals surface area contributed by atoms with Crippen LogP contribution < -0.4 is 20.6 Å². The monoisotopic (exact) mass is 313 g/mol. The van der Waals surface area contributed by atoms with Gasteiger partial charge in [-0.05, 0) is 24.6 Å². The van der Waals surface area contributed by atoms with Gasteiger partial charge >= 0.3 is 6.03 Å². The molecule has 0 radical (unpaired) electrons. The molecule has 23 heavy (non-hydrogen) atoms. The van der Waals surface area contributed by atoms with E-state index >= 15 is 0 Å². The number of ether oxygens (including phenoxy) is 2. The van der Waals surface area contributed by atoms with Gasteiger partial charge in [0.05, 0.1) is 13.3 Å². The van der Waals surface area contributed by atoms with E-state index in [9.17, 15) is 4.79 Å². The SMILES string of the molecule is COc1cccc(C=NNC(N)=O)c1OCc1ccc(C)cc1. The van der Waals surface area contributed by atoms with Gasteiger partial charge in [0.25, 0.3) is 0 Å². The zero-order valence-electron chi connectivity index (χ0n) is 13.1. The van der Waals surface area contributed by atoms with Crippen LogP contribution in [0.2, 0.25) is 0 Å². The van der Waals surface area contributed by atoms with Crippen molar-refractivity contribution in [2.24, 2.45) is 10.8 Å². The fourth-order valence-corrected chi connectivity index (χ4v) is 1.95. The lowest BCUT2D eigenvalue weighted by atomic mass is 10.1. The maximum atomic E-state index is 10.7. The summed E-state index contributed by atoms with van der Waals surface area (Å²) >= 11 is 0. The molecule has 0 atom stereocenters. The van der Waals surface area contributed by atoms with Crippen molar-refractivity contribution in [2.45, 2.75) is 13.5 Å². The van der Waals surface area contributed by atoms with E-state index in [1.165, 1.54) is 11.8 Å². The molecule has 0 saturated carbocycles. The fraction of sp³-hybridized carbons (Fsp3) is 0.176. The number of methoxy groups -OCH3 is 1. The van der Waals surface area contributed by atoms with Gasteiger partial charge in [-0.2, -0.15) is 5.10 Å². The number of carbonyl (C=O) groups excluding carboxylic acids is 1. The summed E-state index contributed by atoms with van der Waals surface area (Å²) in [6.45, 7) is 2.43. The van der Waals surface area contributed by atoms with E-state index in [4.69, 9.17) is 15.2 Å². The highest BCUT2D eigenvalue weighted by atomic mass is 16.5. The third kappa shape index (κ3) is 4.74. The number of nitrogens with two attached hydrogens (primary N) is 1. The van der Waals surface area contributed by atoms with Crippen LogP contribution in [0.4, 0.5) is 4.79 Å². The van der Waals surface area contributed by atoms with Gasteiger partial charge in [0.15, 0.2) is 11.5 Å². The Bertz CT molecular complexity index is 697. The molecule has 0 fully saturated rings. The smallest absolute Gasteiger partial charge is 0.332 e. The molecule has 0 aromatic heterocycles. The molecule has 0 bridgehead atoms. The normalized spacial score (nSPS) is 10.5. The second-order valence-corrected chi connectivity index (χ2v) is 4.89. The number of hydrazone groups is 1. The number of urea groups is 1. The number of aryl methyl sites for hydroxylation is 1. The molecule has 2 rings (SSSR count). The van der Waals surface area contributed by atoms with Gasteiger partial charge in [0, 0.05) is 5.56 Å². The quantitative estimate of drug-likeness (QED) is 0.635. The number of hydrogen-bond donors (Lipinski definition) is 2. The molecule has 2 amide bonds. The number of amides is 2. The fourth-order valence-electron chi connectivity index (χ4n) is 1.95. The van der Waals surface area contributed by atoms with Crippen molar-refractivity contribution in [1.82, 2.24) is 5.43 Å². The average Bonchev–Trinajstić information content (AvgIpc) is 2.54. The summed E-state index contributed by atoms with van der Waals surface area (Å²) in [5.74, 6) is 1.13. The Hall–Kier alpha value is -3.02. The number of para-hydroxylation sites is 1. The Kier molecular flexibility index (Phi) is 5.57. The Morgan fingerprint density at radius 3 is 2.65 bits per heavy atom. The van der Waals surface area contributed by atoms with Crippen molar-refractivity contribution >= 4 is 12.2 Å². The predicted molar refractivity (Wildman–Crippen MR) is 88.8 cm³/mol. The van der Waals surface area contributed by atoms with Gasteiger partial charge in [-0.3, -0.25) is 0 Å². The number of hydrogen-bond acceptors (Lipinski definition) is 4. The van der Waals surface area contributed by atoms with Gasteiger partial charge in [0.2, 0.25) is 0 Å². The van der Waals surface area contributed by atoms with Gasteiger partial charge in [-0.1, -0.05) is 35.9 Å². The van der Waals surface area contributed by atoms with Crippen molar-refractivity contribution < 1.29 is 14.3 Å². The van der Waals surface area contributed by atoms with Gasteiger partial charge in [0.1, 0.15) is 6.61 Å². The summed E-state index contributed by atoms with van der Waals surface area (Å²) in [6, 6.07) is 12.7. The minimum Gasteiger partial charge on any atom is -0.493 e. The summed E-state index contributed by atoms with van der Waals surface area (Å²) in [6.07, 6.45) is 1.46. The number of carbonyl (C=O) groups is 1. The Balaban J connectivity index is 2.19. The van der Waals surface area contributed by atoms with E-state index in [0.29, 0.717) is 23.7 Å². The Morgan fingerprint density at radius 2 is 2.00 bits per heavy atom. The van der Waals surface area contributed by atoms with E-state index < -0.39 is 6.03 Å². The van der Waals surface area contributed by atoms with Crippen molar-refractivity contribution in [3.8, 4) is 11.5 Å². The minimum absolute atomic E-state index is 0.394. The molecule has 120 valence electrons. The van der Waals surface area contributed by atoms with E-state index in [1.807, 2.05) is 37.3 Å². The number of rotatable bonds is 6. The lowest BCUT2D eigenvalue weighted by Gasteiger charge is -2.13. The largest absolute Gasteiger partial charge is 0.493 e. The van der Waals surface area contributed by atoms with Crippen LogP contribution in [0.5, 0.6) is 11.5 Å². The zero-order chi connectivity index (χ0) is 16.7. The van der Waals surface area contributed by atoms with E-state index in [-0.39, 0.29) is 0 Å². The summed E-state index contributed by atoms with van der Waals surface area (Å²) in [5, 5.41) is 3.76. The molecular weight excluding hydrogens is 294 g/mol. The topological polar surface area (TPSA) is 85.9 Å². The van der Waals surface area contributed by atoms with Crippen molar-refractivity contribution in [3.05, 3.63) is 59.2 Å². The van der Waals surface area contributed by atoms with Crippen LogP contribution in [0, 0.1) is 6.92 Å². The standard InChI is InChI=1S/C17H19N3O3/c1-12-6-8-13(9-7-12)11-23-16-14(10-19-20-17(18)21)4-3-5-15(16)22-2/h3-10H,11H2,1-2H3,(H3,18,20,21). The molecular formula is C17H19N3O3. The summed E-state index contributed by atoms with van der Waals surface area (Å²) in [7, 11) is 1.57. The molecule has 0 aliphatic heterocycles. The van der Waals surface area contributed by atoms with Crippen LogP contribution in [0.15, 0.2) is 47.6 Å². The molecule has 6 heteroatoms. The molecule has 0 saturated heterocycles. The zero-order valence-corrected chi connectivity index (χ0v) is 13.1. The summed E-state index contributed by atoms with van der Waals surface area (Å²) in [4.78, 5) is 10.7. The molecule has 0 heterocycles. The maximum Gasteiger partial charge on any atom is 0.332 e. The molecule has 0 aliphatic rings. The maximum absolute atomic E-state index is 10.7. The van der Waals surface area contributed by atoms with Crippen LogP contribution >= 0.6 is 0 Å². The number of primary amides is 1. The lowest BCUT2D eigenvalue weighted by molar-refractivity contribution is 0.249. The molecule has 3 N–H and O–H groups in total. The molecule has 0 unspecified atom stereocenters. The minimum atomic E-state index is -0.730. The second kappa shape index (κ2) is 7.84. The summed E-state index contributed by atoms with van der Waals surface area (Å²) in [5.41, 5.74) is 10.0. The predicted octanol–water partition coefficient (Wildman–Crippen LogP) is 2.58. The number of nitrogens with zero attached hydrogens (tertiary/aromatic N) is 1. The third-order valence-corrected chi connectivity index (χ3v) is 3.11. The lowest BCUT2D eigenvalue weighted by Crippen LogP contribution is -2.24. The first-order valence-electron chi connectivity index (χ1n) is 7.04. The number of benzene rings is 2. The highest BCUT2D eigenvalue weighted by molar-refractivity contribution is 5.86. The molecule has 0 spiro atoms. The Morgan fingerprint density at radius 1 is 1.26 bits per heavy atom. The van der Waals surface area contributed by atoms with Gasteiger partial charge in [-0.15, -0.1) is 0 Å². The third-order valence-electron chi connectivity index (χ3n) is 3.11. The number of nitrogens with one attached hydrogen (secondary N) is 1. The first-order chi connectivity index (χ1) is 11.1. The second-order valence-electron chi connectivity index (χ2n) is 4.89. The highest BCUT2D eigenvalue weighted by Crippen LogP contribution is 2.30. The average molecular weight is 313 g/mol.